The van der Waals surface area contributed by atoms with E-state index in [-0.39, 0.29) is 0 Å². The van der Waals surface area contributed by atoms with Gasteiger partial charge in [-0.2, -0.15) is 0 Å². The van der Waals surface area contributed by atoms with Gasteiger partial charge in [0.25, 0.3) is 0 Å². The molecule has 2 aliphatic rings. The minimum atomic E-state index is 0.336. The monoisotopic (exact) mass is 226 g/mol. The fourth-order valence-corrected chi connectivity index (χ4v) is 3.09. The second-order valence-corrected chi connectivity index (χ2v) is 5.25. The van der Waals surface area contributed by atoms with Gasteiger partial charge in [-0.05, 0) is 19.3 Å². The average molecular weight is 226 g/mol. The quantitative estimate of drug-likeness (QED) is 0.783. The molecule has 16 heavy (non-hydrogen) atoms. The van der Waals surface area contributed by atoms with Crippen molar-refractivity contribution in [1.82, 2.24) is 9.80 Å². The summed E-state index contributed by atoms with van der Waals surface area (Å²) in [6, 6.07) is 0.883. The van der Waals surface area contributed by atoms with E-state index < -0.39 is 0 Å². The molecule has 0 unspecified atom stereocenters. The Kier molecular flexibility index (Phi) is 5.07. The summed E-state index contributed by atoms with van der Waals surface area (Å²) in [6.07, 6.45) is 8.12. The number of hydrogen-bond acceptors (Lipinski definition) is 3. The van der Waals surface area contributed by atoms with E-state index in [0.717, 1.165) is 19.0 Å². The Morgan fingerprint density at radius 3 is 2.25 bits per heavy atom. The van der Waals surface area contributed by atoms with Crippen LogP contribution in [0.3, 0.4) is 0 Å². The molecular formula is C13H26N2O. The fourth-order valence-electron chi connectivity index (χ4n) is 3.09. The van der Waals surface area contributed by atoms with Crippen LogP contribution in [0.4, 0.5) is 0 Å². The van der Waals surface area contributed by atoms with Crippen LogP contribution in [0.25, 0.3) is 0 Å². The molecule has 3 heteroatoms. The Labute approximate surface area is 99.4 Å². The van der Waals surface area contributed by atoms with E-state index in [1.807, 2.05) is 0 Å². The van der Waals surface area contributed by atoms with Gasteiger partial charge < -0.3 is 10.0 Å². The molecule has 0 radical (unpaired) electrons. The zero-order valence-electron chi connectivity index (χ0n) is 10.4. The van der Waals surface area contributed by atoms with Gasteiger partial charge in [0.1, 0.15) is 0 Å². The van der Waals surface area contributed by atoms with Crippen LogP contribution in [0, 0.1) is 0 Å². The van der Waals surface area contributed by atoms with Gasteiger partial charge in [-0.15, -0.1) is 0 Å². The first-order valence-electron chi connectivity index (χ1n) is 6.97. The van der Waals surface area contributed by atoms with E-state index in [2.05, 4.69) is 9.80 Å². The number of rotatable bonds is 4. The highest BCUT2D eigenvalue weighted by Crippen LogP contribution is 2.23. The second-order valence-electron chi connectivity index (χ2n) is 5.25. The molecule has 1 saturated heterocycles. The predicted octanol–water partition coefficient (Wildman–Crippen LogP) is 1.32. The summed E-state index contributed by atoms with van der Waals surface area (Å²) < 4.78 is 0. The molecule has 1 heterocycles. The zero-order chi connectivity index (χ0) is 11.2. The van der Waals surface area contributed by atoms with Crippen molar-refractivity contribution in [1.29, 1.82) is 0 Å². The van der Waals surface area contributed by atoms with Gasteiger partial charge >= 0.3 is 0 Å². The van der Waals surface area contributed by atoms with Gasteiger partial charge in [0.2, 0.25) is 0 Å². The van der Waals surface area contributed by atoms with Crippen molar-refractivity contribution in [3.05, 3.63) is 0 Å². The van der Waals surface area contributed by atoms with E-state index in [9.17, 15) is 0 Å². The van der Waals surface area contributed by atoms with E-state index in [1.165, 1.54) is 58.3 Å². The normalized spacial score (nSPS) is 26.1. The molecule has 0 aromatic carbocycles. The van der Waals surface area contributed by atoms with Crippen LogP contribution >= 0.6 is 0 Å². The maximum atomic E-state index is 8.82. The Bertz CT molecular complexity index is 184. The standard InChI is InChI=1S/C13H26N2O/c16-12-4-7-14-8-10-15(11-9-14)13-5-2-1-3-6-13/h13,16H,1-12H2. The summed E-state index contributed by atoms with van der Waals surface area (Å²) in [6.45, 7) is 6.32. The summed E-state index contributed by atoms with van der Waals surface area (Å²) in [7, 11) is 0. The van der Waals surface area contributed by atoms with Crippen molar-refractivity contribution < 1.29 is 5.11 Å². The van der Waals surface area contributed by atoms with Crippen LogP contribution in [-0.4, -0.2) is 60.3 Å². The fraction of sp³-hybridized carbons (Fsp3) is 1.00. The molecule has 0 spiro atoms. The molecule has 2 rings (SSSR count). The highest BCUT2D eigenvalue weighted by atomic mass is 16.3. The van der Waals surface area contributed by atoms with Crippen LogP contribution in [0.15, 0.2) is 0 Å². The van der Waals surface area contributed by atoms with Crippen molar-refractivity contribution in [3.63, 3.8) is 0 Å². The molecule has 94 valence electrons. The first-order valence-corrected chi connectivity index (χ1v) is 6.97. The van der Waals surface area contributed by atoms with Gasteiger partial charge in [0.05, 0.1) is 0 Å². The van der Waals surface area contributed by atoms with Crippen LogP contribution in [0.2, 0.25) is 0 Å². The molecule has 1 saturated carbocycles. The summed E-state index contributed by atoms with van der Waals surface area (Å²) >= 11 is 0. The van der Waals surface area contributed by atoms with Crippen molar-refractivity contribution in [3.8, 4) is 0 Å². The van der Waals surface area contributed by atoms with Crippen molar-refractivity contribution in [2.24, 2.45) is 0 Å². The summed E-state index contributed by atoms with van der Waals surface area (Å²) in [5.41, 5.74) is 0. The van der Waals surface area contributed by atoms with E-state index in [1.54, 1.807) is 0 Å². The number of piperazine rings is 1. The first kappa shape index (κ1) is 12.3. The van der Waals surface area contributed by atoms with Gasteiger partial charge in [0.15, 0.2) is 0 Å². The van der Waals surface area contributed by atoms with Crippen molar-refractivity contribution in [2.45, 2.75) is 44.6 Å². The van der Waals surface area contributed by atoms with Gasteiger partial charge in [-0.25, -0.2) is 0 Å². The predicted molar refractivity (Wildman–Crippen MR) is 66.6 cm³/mol. The lowest BCUT2D eigenvalue weighted by Gasteiger charge is -2.40. The molecule has 0 amide bonds. The van der Waals surface area contributed by atoms with E-state index in [0.29, 0.717) is 6.61 Å². The lowest BCUT2D eigenvalue weighted by molar-refractivity contribution is 0.0757. The number of aliphatic hydroxyl groups excluding tert-OH is 1. The number of hydrogen-bond donors (Lipinski definition) is 1. The SMILES string of the molecule is OCCCN1CCN(C2CCCCC2)CC1. The third-order valence-corrected chi connectivity index (χ3v) is 4.13. The topological polar surface area (TPSA) is 26.7 Å². The van der Waals surface area contributed by atoms with Crippen LogP contribution in [0.5, 0.6) is 0 Å². The molecule has 0 aromatic rings. The van der Waals surface area contributed by atoms with Crippen molar-refractivity contribution >= 4 is 0 Å². The third-order valence-electron chi connectivity index (χ3n) is 4.13. The summed E-state index contributed by atoms with van der Waals surface area (Å²) in [5.74, 6) is 0. The van der Waals surface area contributed by atoms with Gasteiger partial charge in [-0.1, -0.05) is 19.3 Å². The Balaban J connectivity index is 1.67. The van der Waals surface area contributed by atoms with E-state index in [4.69, 9.17) is 5.11 Å². The molecule has 0 atom stereocenters. The van der Waals surface area contributed by atoms with Crippen LogP contribution in [0.1, 0.15) is 38.5 Å². The number of nitrogens with zero attached hydrogens (tertiary/aromatic N) is 2. The van der Waals surface area contributed by atoms with Gasteiger partial charge in [0, 0.05) is 45.4 Å². The molecule has 0 aromatic heterocycles. The minimum absolute atomic E-state index is 0.336. The van der Waals surface area contributed by atoms with Crippen molar-refractivity contribution in [2.75, 3.05) is 39.3 Å². The Morgan fingerprint density at radius 2 is 1.62 bits per heavy atom. The molecule has 1 N–H and O–H groups in total. The maximum Gasteiger partial charge on any atom is 0.0443 e. The molecule has 2 fully saturated rings. The smallest absolute Gasteiger partial charge is 0.0443 e. The maximum absolute atomic E-state index is 8.82. The highest BCUT2D eigenvalue weighted by molar-refractivity contribution is 4.80. The summed E-state index contributed by atoms with van der Waals surface area (Å²) in [4.78, 5) is 5.20. The molecule has 1 aliphatic carbocycles. The molecule has 3 nitrogen and oxygen atoms in total. The lowest BCUT2D eigenvalue weighted by atomic mass is 9.94. The highest BCUT2D eigenvalue weighted by Gasteiger charge is 2.24. The lowest BCUT2D eigenvalue weighted by Crippen LogP contribution is -2.50. The first-order chi connectivity index (χ1) is 7.90. The third kappa shape index (κ3) is 3.44. The van der Waals surface area contributed by atoms with Crippen LogP contribution < -0.4 is 0 Å². The molecule has 0 bridgehead atoms. The minimum Gasteiger partial charge on any atom is -0.396 e. The zero-order valence-corrected chi connectivity index (χ0v) is 10.4. The Hall–Kier alpha value is -0.120. The second kappa shape index (κ2) is 6.58. The molecular weight excluding hydrogens is 200 g/mol. The molecule has 1 aliphatic heterocycles. The summed E-state index contributed by atoms with van der Waals surface area (Å²) in [5, 5.41) is 8.82. The number of aliphatic hydroxyl groups is 1. The van der Waals surface area contributed by atoms with Gasteiger partial charge in [-0.3, -0.25) is 4.90 Å². The van der Waals surface area contributed by atoms with E-state index >= 15 is 0 Å². The largest absolute Gasteiger partial charge is 0.396 e. The average Bonchev–Trinajstić information content (AvgIpc) is 2.38. The van der Waals surface area contributed by atoms with Crippen LogP contribution in [-0.2, 0) is 0 Å². The Morgan fingerprint density at radius 1 is 0.938 bits per heavy atom.